The maximum Gasteiger partial charge on any atom is 0.300 e. The van der Waals surface area contributed by atoms with Gasteiger partial charge in [0.05, 0.1) is 12.1 Å². The van der Waals surface area contributed by atoms with Crippen LogP contribution in [0.5, 0.6) is 0 Å². The summed E-state index contributed by atoms with van der Waals surface area (Å²) in [5, 5.41) is 23.8. The van der Waals surface area contributed by atoms with Crippen LogP contribution in [0, 0.1) is 11.3 Å². The zero-order valence-corrected chi connectivity index (χ0v) is 14.8. The molecule has 0 bridgehead atoms. The van der Waals surface area contributed by atoms with E-state index in [1.54, 1.807) is 0 Å². The molecule has 1 aliphatic heterocycles. The molecule has 6 nitrogen and oxygen atoms in total. The van der Waals surface area contributed by atoms with E-state index in [0.717, 1.165) is 65.0 Å². The summed E-state index contributed by atoms with van der Waals surface area (Å²) in [7, 11) is 0. The van der Waals surface area contributed by atoms with Crippen LogP contribution in [0.2, 0.25) is 0 Å². The van der Waals surface area contributed by atoms with E-state index in [-0.39, 0.29) is 29.4 Å². The molecule has 1 unspecified atom stereocenters. The largest absolute Gasteiger partial charge is 0.481 e. The van der Waals surface area contributed by atoms with Gasteiger partial charge in [-0.3, -0.25) is 9.59 Å². The van der Waals surface area contributed by atoms with Gasteiger partial charge in [0, 0.05) is 12.8 Å². The van der Waals surface area contributed by atoms with E-state index >= 15 is 0 Å². The van der Waals surface area contributed by atoms with Crippen molar-refractivity contribution in [1.29, 1.82) is 0 Å². The Morgan fingerprint density at radius 3 is 2.12 bits per heavy atom. The molecule has 0 aromatic rings. The number of piperidine rings is 1. The number of aliphatic carboxylic acids is 1. The van der Waals surface area contributed by atoms with Crippen LogP contribution < -0.4 is 10.6 Å². The summed E-state index contributed by atoms with van der Waals surface area (Å²) in [6.07, 6.45) is 9.93. The van der Waals surface area contributed by atoms with Crippen molar-refractivity contribution in [2.75, 3.05) is 19.7 Å². The normalized spacial score (nSPS) is 27.3. The first-order chi connectivity index (χ1) is 11.4. The van der Waals surface area contributed by atoms with Crippen LogP contribution in [0.3, 0.4) is 0 Å². The predicted octanol–water partition coefficient (Wildman–Crippen LogP) is 1.67. The molecule has 1 spiro atoms. The maximum absolute atomic E-state index is 12.6. The number of carbonyl (C=O) groups excluding carboxylic acids is 1. The van der Waals surface area contributed by atoms with Crippen LogP contribution in [0.25, 0.3) is 0 Å². The molecule has 2 aliphatic carbocycles. The van der Waals surface area contributed by atoms with Crippen LogP contribution in [0.15, 0.2) is 0 Å². The van der Waals surface area contributed by atoms with E-state index in [0.29, 0.717) is 0 Å². The average molecular weight is 340 g/mol. The topological polar surface area (TPSA) is 98.7 Å². The molecule has 1 saturated heterocycles. The number of aliphatic hydroxyl groups is 1. The first kappa shape index (κ1) is 19.2. The lowest BCUT2D eigenvalue weighted by molar-refractivity contribution is -0.134. The fraction of sp³-hybridized carbons (Fsp3) is 0.889. The second kappa shape index (κ2) is 8.30. The molecule has 1 heterocycles. The Bertz CT molecular complexity index is 434. The van der Waals surface area contributed by atoms with Crippen molar-refractivity contribution in [2.24, 2.45) is 11.3 Å². The SMILES string of the molecule is CC(=O)O.O=C(NC1(CO)CCCCCC1)C1CC12CCNCC2. The Morgan fingerprint density at radius 1 is 1.08 bits per heavy atom. The Morgan fingerprint density at radius 2 is 1.62 bits per heavy atom. The molecule has 138 valence electrons. The first-order valence-corrected chi connectivity index (χ1v) is 9.26. The number of amides is 1. The summed E-state index contributed by atoms with van der Waals surface area (Å²) in [5.74, 6) is -0.417. The second-order valence-electron chi connectivity index (χ2n) is 7.73. The molecule has 0 radical (unpaired) electrons. The molecule has 1 atom stereocenters. The van der Waals surface area contributed by atoms with Gasteiger partial charge in [0.1, 0.15) is 0 Å². The Balaban J connectivity index is 0.000000471. The van der Waals surface area contributed by atoms with E-state index in [1.807, 2.05) is 0 Å². The van der Waals surface area contributed by atoms with Crippen molar-refractivity contribution in [1.82, 2.24) is 10.6 Å². The summed E-state index contributed by atoms with van der Waals surface area (Å²) in [4.78, 5) is 21.6. The molecule has 3 fully saturated rings. The zero-order valence-electron chi connectivity index (χ0n) is 14.8. The summed E-state index contributed by atoms with van der Waals surface area (Å²) in [6, 6.07) is 0. The third kappa shape index (κ3) is 4.93. The highest BCUT2D eigenvalue weighted by Crippen LogP contribution is 2.58. The van der Waals surface area contributed by atoms with Gasteiger partial charge in [-0.15, -0.1) is 0 Å². The minimum absolute atomic E-state index is 0.0972. The molecule has 24 heavy (non-hydrogen) atoms. The number of aliphatic hydroxyl groups excluding tert-OH is 1. The van der Waals surface area contributed by atoms with Crippen molar-refractivity contribution in [3.63, 3.8) is 0 Å². The van der Waals surface area contributed by atoms with E-state index in [9.17, 15) is 9.90 Å². The highest BCUT2D eigenvalue weighted by atomic mass is 16.4. The van der Waals surface area contributed by atoms with E-state index in [2.05, 4.69) is 10.6 Å². The monoisotopic (exact) mass is 340 g/mol. The van der Waals surface area contributed by atoms with Crippen LogP contribution in [-0.2, 0) is 9.59 Å². The summed E-state index contributed by atoms with van der Waals surface area (Å²) < 4.78 is 0. The highest BCUT2D eigenvalue weighted by Gasteiger charge is 2.58. The Kier molecular flexibility index (Phi) is 6.63. The van der Waals surface area contributed by atoms with Gasteiger partial charge in [-0.1, -0.05) is 25.7 Å². The van der Waals surface area contributed by atoms with Crippen molar-refractivity contribution >= 4 is 11.9 Å². The van der Waals surface area contributed by atoms with Gasteiger partial charge < -0.3 is 20.8 Å². The molecular weight excluding hydrogens is 308 g/mol. The van der Waals surface area contributed by atoms with Gasteiger partial charge in [-0.2, -0.15) is 0 Å². The van der Waals surface area contributed by atoms with Gasteiger partial charge in [0.25, 0.3) is 5.97 Å². The van der Waals surface area contributed by atoms with Gasteiger partial charge in [-0.25, -0.2) is 0 Å². The van der Waals surface area contributed by atoms with Crippen LogP contribution in [0.1, 0.15) is 64.7 Å². The minimum Gasteiger partial charge on any atom is -0.481 e. The number of hydrogen-bond acceptors (Lipinski definition) is 4. The van der Waals surface area contributed by atoms with Crippen molar-refractivity contribution in [2.45, 2.75) is 70.3 Å². The Labute approximate surface area is 144 Å². The fourth-order valence-corrected chi connectivity index (χ4v) is 4.27. The number of carboxylic acids is 1. The third-order valence-electron chi connectivity index (χ3n) is 5.86. The third-order valence-corrected chi connectivity index (χ3v) is 5.86. The molecule has 3 rings (SSSR count). The van der Waals surface area contributed by atoms with Gasteiger partial charge >= 0.3 is 0 Å². The van der Waals surface area contributed by atoms with Gasteiger partial charge in [0.15, 0.2) is 0 Å². The van der Waals surface area contributed by atoms with E-state index in [4.69, 9.17) is 9.90 Å². The molecule has 3 aliphatic rings. The van der Waals surface area contributed by atoms with Gasteiger partial charge in [0.2, 0.25) is 5.91 Å². The van der Waals surface area contributed by atoms with Crippen molar-refractivity contribution in [3.05, 3.63) is 0 Å². The first-order valence-electron chi connectivity index (χ1n) is 9.26. The quantitative estimate of drug-likeness (QED) is 0.586. The molecule has 6 heteroatoms. The van der Waals surface area contributed by atoms with E-state index in [1.165, 1.54) is 12.8 Å². The number of nitrogens with one attached hydrogen (secondary N) is 2. The van der Waals surface area contributed by atoms with Gasteiger partial charge in [-0.05, 0) is 50.6 Å². The molecule has 1 amide bonds. The standard InChI is InChI=1S/C16H28N2O2.C2H4O2/c19-12-16(5-3-1-2-4-6-16)18-14(20)13-11-15(13)7-9-17-10-8-15;1-2(3)4/h13,17,19H,1-12H2,(H,18,20);1H3,(H,3,4). The minimum atomic E-state index is -0.833. The van der Waals surface area contributed by atoms with Crippen molar-refractivity contribution in [3.8, 4) is 0 Å². The van der Waals surface area contributed by atoms with E-state index < -0.39 is 5.97 Å². The van der Waals surface area contributed by atoms with Crippen LogP contribution >= 0.6 is 0 Å². The summed E-state index contributed by atoms with van der Waals surface area (Å²) >= 11 is 0. The zero-order chi connectivity index (χ0) is 17.6. The molecule has 0 aromatic heterocycles. The lowest BCUT2D eigenvalue weighted by atomic mass is 9.89. The fourth-order valence-electron chi connectivity index (χ4n) is 4.27. The smallest absolute Gasteiger partial charge is 0.300 e. The summed E-state index contributed by atoms with van der Waals surface area (Å²) in [6.45, 7) is 3.28. The lowest BCUT2D eigenvalue weighted by Crippen LogP contribution is -2.52. The number of rotatable bonds is 3. The molecule has 0 aromatic carbocycles. The lowest BCUT2D eigenvalue weighted by Gasteiger charge is -2.33. The number of hydrogen-bond donors (Lipinski definition) is 4. The number of carbonyl (C=O) groups is 2. The molecular formula is C18H32N2O4. The Hall–Kier alpha value is -1.14. The average Bonchev–Trinajstić information content (AvgIpc) is 3.28. The van der Waals surface area contributed by atoms with Crippen LogP contribution in [0.4, 0.5) is 0 Å². The molecule has 2 saturated carbocycles. The summed E-state index contributed by atoms with van der Waals surface area (Å²) in [5.41, 5.74) is -0.0407. The second-order valence-corrected chi connectivity index (χ2v) is 7.73. The van der Waals surface area contributed by atoms with Crippen molar-refractivity contribution < 1.29 is 19.8 Å². The number of carboxylic acid groups (broad SMARTS) is 1. The van der Waals surface area contributed by atoms with Crippen LogP contribution in [-0.4, -0.2) is 47.3 Å². The predicted molar refractivity (Wildman–Crippen MR) is 91.6 cm³/mol. The molecule has 4 N–H and O–H groups in total. The highest BCUT2D eigenvalue weighted by molar-refractivity contribution is 5.83. The maximum atomic E-state index is 12.6.